The molecule has 0 aromatic heterocycles. The van der Waals surface area contributed by atoms with E-state index in [2.05, 4.69) is 32.6 Å². The fourth-order valence-corrected chi connectivity index (χ4v) is 3.83. The van der Waals surface area contributed by atoms with Crippen molar-refractivity contribution < 1.29 is 4.79 Å². The number of hydrogen-bond acceptors (Lipinski definition) is 3. The van der Waals surface area contributed by atoms with Gasteiger partial charge < -0.3 is 0 Å². The SMILES string of the molecule is CC(C)(C)C#CCC(=O)C1CSCCS1. The molecule has 1 saturated heterocycles. The second-order valence-corrected chi connectivity index (χ2v) is 7.09. The van der Waals surface area contributed by atoms with Gasteiger partial charge in [0.05, 0.1) is 11.7 Å². The highest BCUT2D eigenvalue weighted by Gasteiger charge is 2.20. The van der Waals surface area contributed by atoms with Gasteiger partial charge in [0.15, 0.2) is 5.78 Å². The first-order valence-electron chi connectivity index (χ1n) is 5.21. The van der Waals surface area contributed by atoms with Crippen LogP contribution in [-0.4, -0.2) is 28.3 Å². The molecule has 1 aliphatic rings. The lowest BCUT2D eigenvalue weighted by atomic mass is 9.97. The number of thioether (sulfide) groups is 2. The molecule has 0 amide bonds. The molecule has 0 bridgehead atoms. The van der Waals surface area contributed by atoms with Crippen LogP contribution in [0.25, 0.3) is 0 Å². The summed E-state index contributed by atoms with van der Waals surface area (Å²) >= 11 is 3.67. The Hall–Kier alpha value is -0.0700. The van der Waals surface area contributed by atoms with Crippen LogP contribution in [-0.2, 0) is 4.79 Å². The summed E-state index contributed by atoms with van der Waals surface area (Å²) in [6.07, 6.45) is 0.426. The second-order valence-electron chi connectivity index (χ2n) is 4.63. The molecule has 0 aromatic rings. The predicted molar refractivity (Wildman–Crippen MR) is 70.4 cm³/mol. The molecule has 1 heterocycles. The number of carbonyl (C=O) groups excluding carboxylic acids is 1. The Labute approximate surface area is 101 Å². The molecular weight excluding hydrogens is 224 g/mol. The highest BCUT2D eigenvalue weighted by molar-refractivity contribution is 8.07. The standard InChI is InChI=1S/C12H18OS2/c1-12(2,3)6-4-5-10(13)11-9-14-7-8-15-11/h11H,5,7-9H2,1-3H3. The molecule has 0 N–H and O–H groups in total. The predicted octanol–water partition coefficient (Wildman–Crippen LogP) is 2.84. The Morgan fingerprint density at radius 2 is 2.13 bits per heavy atom. The van der Waals surface area contributed by atoms with Crippen molar-refractivity contribution in [2.45, 2.75) is 32.4 Å². The van der Waals surface area contributed by atoms with Gasteiger partial charge in [0.25, 0.3) is 0 Å². The lowest BCUT2D eigenvalue weighted by molar-refractivity contribution is -0.117. The van der Waals surface area contributed by atoms with Crippen LogP contribution in [0.3, 0.4) is 0 Å². The summed E-state index contributed by atoms with van der Waals surface area (Å²) in [4.78, 5) is 11.7. The van der Waals surface area contributed by atoms with E-state index in [4.69, 9.17) is 0 Å². The van der Waals surface area contributed by atoms with E-state index in [1.807, 2.05) is 11.8 Å². The summed E-state index contributed by atoms with van der Waals surface area (Å²) in [6.45, 7) is 6.20. The smallest absolute Gasteiger partial charge is 0.158 e. The zero-order chi connectivity index (χ0) is 11.3. The van der Waals surface area contributed by atoms with Crippen molar-refractivity contribution in [2.24, 2.45) is 5.41 Å². The summed E-state index contributed by atoms with van der Waals surface area (Å²) in [7, 11) is 0. The van der Waals surface area contributed by atoms with Gasteiger partial charge in [0.1, 0.15) is 0 Å². The summed E-state index contributed by atoms with van der Waals surface area (Å²) in [5.74, 6) is 9.67. The van der Waals surface area contributed by atoms with E-state index in [0.717, 1.165) is 11.5 Å². The molecule has 15 heavy (non-hydrogen) atoms. The third-order valence-electron chi connectivity index (χ3n) is 1.90. The molecule has 0 aliphatic carbocycles. The highest BCUT2D eigenvalue weighted by Crippen LogP contribution is 2.25. The molecule has 1 unspecified atom stereocenters. The third-order valence-corrected chi connectivity index (χ3v) is 4.70. The lowest BCUT2D eigenvalue weighted by Gasteiger charge is -2.18. The van der Waals surface area contributed by atoms with E-state index in [1.54, 1.807) is 11.8 Å². The van der Waals surface area contributed by atoms with Crippen LogP contribution in [0.5, 0.6) is 0 Å². The number of rotatable bonds is 2. The molecule has 1 aliphatic heterocycles. The van der Waals surface area contributed by atoms with Crippen molar-refractivity contribution in [3.8, 4) is 11.8 Å². The maximum Gasteiger partial charge on any atom is 0.158 e. The monoisotopic (exact) mass is 242 g/mol. The van der Waals surface area contributed by atoms with Crippen LogP contribution in [0.4, 0.5) is 0 Å². The van der Waals surface area contributed by atoms with Crippen LogP contribution in [0, 0.1) is 17.3 Å². The molecule has 3 heteroatoms. The van der Waals surface area contributed by atoms with E-state index in [9.17, 15) is 4.79 Å². The lowest BCUT2D eigenvalue weighted by Crippen LogP contribution is -2.23. The molecule has 1 nitrogen and oxygen atoms in total. The number of Topliss-reactive ketones (excluding diaryl/α,β-unsaturated/α-hetero) is 1. The minimum Gasteiger partial charge on any atom is -0.297 e. The molecular formula is C12H18OS2. The van der Waals surface area contributed by atoms with Crippen LogP contribution >= 0.6 is 23.5 Å². The first-order valence-corrected chi connectivity index (χ1v) is 7.41. The minimum absolute atomic E-state index is 0.00867. The molecule has 1 fully saturated rings. The van der Waals surface area contributed by atoms with E-state index in [1.165, 1.54) is 5.75 Å². The average Bonchev–Trinajstić information content (AvgIpc) is 2.17. The van der Waals surface area contributed by atoms with Crippen molar-refractivity contribution >= 4 is 29.3 Å². The maximum atomic E-state index is 11.7. The number of hydrogen-bond donors (Lipinski definition) is 0. The fraction of sp³-hybridized carbons (Fsp3) is 0.750. The minimum atomic E-state index is 0.00867. The Balaban J connectivity index is 2.37. The van der Waals surface area contributed by atoms with Crippen molar-refractivity contribution in [2.75, 3.05) is 17.3 Å². The van der Waals surface area contributed by atoms with Crippen LogP contribution < -0.4 is 0 Å². The van der Waals surface area contributed by atoms with Crippen LogP contribution in [0.2, 0.25) is 0 Å². The van der Waals surface area contributed by atoms with Gasteiger partial charge in [0.2, 0.25) is 0 Å². The van der Waals surface area contributed by atoms with Crippen LogP contribution in [0.15, 0.2) is 0 Å². The van der Waals surface area contributed by atoms with E-state index in [-0.39, 0.29) is 10.7 Å². The Bertz CT molecular complexity index is 274. The normalized spacial score (nSPS) is 21.7. The van der Waals surface area contributed by atoms with Gasteiger partial charge >= 0.3 is 0 Å². The number of carbonyl (C=O) groups is 1. The van der Waals surface area contributed by atoms with E-state index in [0.29, 0.717) is 12.2 Å². The molecule has 0 spiro atoms. The van der Waals surface area contributed by atoms with Gasteiger partial charge in [-0.25, -0.2) is 0 Å². The van der Waals surface area contributed by atoms with Crippen molar-refractivity contribution in [3.63, 3.8) is 0 Å². The van der Waals surface area contributed by atoms with E-state index >= 15 is 0 Å². The van der Waals surface area contributed by atoms with Gasteiger partial charge in [0, 0.05) is 22.7 Å². The summed E-state index contributed by atoms with van der Waals surface area (Å²) < 4.78 is 0. The topological polar surface area (TPSA) is 17.1 Å². The summed E-state index contributed by atoms with van der Waals surface area (Å²) in [5.41, 5.74) is 0.00867. The maximum absolute atomic E-state index is 11.7. The molecule has 0 aromatic carbocycles. The van der Waals surface area contributed by atoms with Crippen molar-refractivity contribution in [1.82, 2.24) is 0 Å². The number of ketones is 1. The highest BCUT2D eigenvalue weighted by atomic mass is 32.2. The second kappa shape index (κ2) is 5.86. The zero-order valence-electron chi connectivity index (χ0n) is 9.63. The molecule has 1 atom stereocenters. The summed E-state index contributed by atoms with van der Waals surface area (Å²) in [5, 5.41) is 0.193. The quantitative estimate of drug-likeness (QED) is 0.693. The molecule has 1 rings (SSSR count). The fourth-order valence-electron chi connectivity index (χ4n) is 1.18. The Kier molecular flexibility index (Phi) is 5.08. The van der Waals surface area contributed by atoms with Gasteiger partial charge in [-0.05, 0) is 20.8 Å². The van der Waals surface area contributed by atoms with Crippen molar-refractivity contribution in [1.29, 1.82) is 0 Å². The Morgan fingerprint density at radius 3 is 2.67 bits per heavy atom. The van der Waals surface area contributed by atoms with E-state index < -0.39 is 0 Å². The molecule has 0 saturated carbocycles. The zero-order valence-corrected chi connectivity index (χ0v) is 11.3. The molecule has 84 valence electrons. The van der Waals surface area contributed by atoms with Gasteiger partial charge in [-0.3, -0.25) is 4.79 Å². The Morgan fingerprint density at radius 1 is 1.40 bits per heavy atom. The third kappa shape index (κ3) is 5.53. The average molecular weight is 242 g/mol. The van der Waals surface area contributed by atoms with Gasteiger partial charge in [-0.1, -0.05) is 11.8 Å². The van der Waals surface area contributed by atoms with Gasteiger partial charge in [-0.2, -0.15) is 11.8 Å². The largest absolute Gasteiger partial charge is 0.297 e. The first-order chi connectivity index (χ1) is 6.99. The summed E-state index contributed by atoms with van der Waals surface area (Å²) in [6, 6.07) is 0. The van der Waals surface area contributed by atoms with Crippen LogP contribution in [0.1, 0.15) is 27.2 Å². The van der Waals surface area contributed by atoms with Crippen molar-refractivity contribution in [3.05, 3.63) is 0 Å². The molecule has 0 radical (unpaired) electrons. The van der Waals surface area contributed by atoms with Gasteiger partial charge in [-0.15, -0.1) is 11.8 Å². The first kappa shape index (κ1) is 13.0.